The molecule has 4 nitrogen and oxygen atoms in total. The maximum atomic E-state index is 11.2. The predicted molar refractivity (Wildman–Crippen MR) is 55.5 cm³/mol. The van der Waals surface area contributed by atoms with Gasteiger partial charge in [0.1, 0.15) is 5.78 Å². The van der Waals surface area contributed by atoms with Crippen molar-refractivity contribution in [3.8, 4) is 0 Å². The molecule has 0 saturated heterocycles. The van der Waals surface area contributed by atoms with Gasteiger partial charge in [0, 0.05) is 33.7 Å². The maximum Gasteiger partial charge on any atom is 0.146 e. The summed E-state index contributed by atoms with van der Waals surface area (Å²) in [5.74, 6) is 0.261. The van der Waals surface area contributed by atoms with E-state index in [0.717, 1.165) is 13.1 Å². The molecular weight excluding hydrogens is 182 g/mol. The zero-order chi connectivity index (χ0) is 10.8. The molecule has 0 aliphatic rings. The van der Waals surface area contributed by atoms with Gasteiger partial charge in [-0.05, 0) is 0 Å². The second-order valence-electron chi connectivity index (χ2n) is 3.15. The minimum Gasteiger partial charge on any atom is -0.383 e. The van der Waals surface area contributed by atoms with Gasteiger partial charge in [-0.1, -0.05) is 6.92 Å². The summed E-state index contributed by atoms with van der Waals surface area (Å²) in [6.07, 6.45) is 0.594. The van der Waals surface area contributed by atoms with Crippen LogP contribution in [0.25, 0.3) is 0 Å². The van der Waals surface area contributed by atoms with Crippen molar-refractivity contribution in [2.75, 3.05) is 47.1 Å². The number of carbonyl (C=O) groups excluding carboxylic acids is 1. The third-order valence-electron chi connectivity index (χ3n) is 2.02. The number of rotatable bonds is 9. The molecule has 0 aromatic heterocycles. The number of Topliss-reactive ketones (excluding diaryl/α,β-unsaturated/α-hetero) is 1. The molecule has 84 valence electrons. The Morgan fingerprint density at radius 3 is 2.00 bits per heavy atom. The lowest BCUT2D eigenvalue weighted by Gasteiger charge is -2.20. The van der Waals surface area contributed by atoms with E-state index in [2.05, 4.69) is 4.90 Å². The van der Waals surface area contributed by atoms with Crippen LogP contribution in [0.1, 0.15) is 13.3 Å². The second-order valence-corrected chi connectivity index (χ2v) is 3.15. The van der Waals surface area contributed by atoms with Gasteiger partial charge < -0.3 is 9.47 Å². The lowest BCUT2D eigenvalue weighted by atomic mass is 10.3. The van der Waals surface area contributed by atoms with Crippen LogP contribution in [0.15, 0.2) is 0 Å². The highest BCUT2D eigenvalue weighted by Crippen LogP contribution is 1.92. The fraction of sp³-hybridized carbons (Fsp3) is 0.900. The molecule has 0 radical (unpaired) electrons. The topological polar surface area (TPSA) is 38.8 Å². The van der Waals surface area contributed by atoms with Gasteiger partial charge in [-0.3, -0.25) is 9.69 Å². The highest BCUT2D eigenvalue weighted by molar-refractivity contribution is 5.80. The van der Waals surface area contributed by atoms with Crippen LogP contribution in [0.3, 0.4) is 0 Å². The Morgan fingerprint density at radius 1 is 1.14 bits per heavy atom. The Morgan fingerprint density at radius 2 is 1.64 bits per heavy atom. The van der Waals surface area contributed by atoms with Gasteiger partial charge in [0.25, 0.3) is 0 Å². The van der Waals surface area contributed by atoms with Crippen molar-refractivity contribution in [3.63, 3.8) is 0 Å². The van der Waals surface area contributed by atoms with E-state index in [9.17, 15) is 4.79 Å². The van der Waals surface area contributed by atoms with Gasteiger partial charge in [0.05, 0.1) is 19.8 Å². The summed E-state index contributed by atoms with van der Waals surface area (Å²) in [5, 5.41) is 0. The molecular formula is C10H21NO3. The van der Waals surface area contributed by atoms with Gasteiger partial charge >= 0.3 is 0 Å². The molecule has 0 fully saturated rings. The van der Waals surface area contributed by atoms with Crippen LogP contribution < -0.4 is 0 Å². The van der Waals surface area contributed by atoms with Crippen molar-refractivity contribution in [1.82, 2.24) is 4.90 Å². The third kappa shape index (κ3) is 7.00. The molecule has 0 unspecified atom stereocenters. The van der Waals surface area contributed by atoms with Crippen molar-refractivity contribution >= 4 is 5.78 Å². The first-order valence-corrected chi connectivity index (χ1v) is 4.96. The summed E-state index contributed by atoms with van der Waals surface area (Å²) in [6, 6.07) is 0. The Balaban J connectivity index is 3.77. The number of hydrogen-bond acceptors (Lipinski definition) is 4. The molecule has 0 rings (SSSR count). The van der Waals surface area contributed by atoms with E-state index < -0.39 is 0 Å². The monoisotopic (exact) mass is 203 g/mol. The number of methoxy groups -OCH3 is 2. The van der Waals surface area contributed by atoms with E-state index in [1.807, 2.05) is 6.92 Å². The summed E-state index contributed by atoms with van der Waals surface area (Å²) in [6.45, 7) is 5.26. The summed E-state index contributed by atoms with van der Waals surface area (Å²) in [5.41, 5.74) is 0. The van der Waals surface area contributed by atoms with E-state index in [4.69, 9.17) is 9.47 Å². The van der Waals surface area contributed by atoms with Crippen LogP contribution in [-0.2, 0) is 14.3 Å². The molecule has 0 N–H and O–H groups in total. The van der Waals surface area contributed by atoms with E-state index in [1.165, 1.54) is 0 Å². The minimum atomic E-state index is 0.261. The third-order valence-corrected chi connectivity index (χ3v) is 2.02. The second kappa shape index (κ2) is 9.12. The van der Waals surface area contributed by atoms with Crippen LogP contribution in [0, 0.1) is 0 Å². The summed E-state index contributed by atoms with van der Waals surface area (Å²) in [7, 11) is 3.33. The zero-order valence-corrected chi connectivity index (χ0v) is 9.41. The van der Waals surface area contributed by atoms with Gasteiger partial charge in [-0.15, -0.1) is 0 Å². The minimum absolute atomic E-state index is 0.261. The molecule has 0 spiro atoms. The van der Waals surface area contributed by atoms with Crippen LogP contribution in [-0.4, -0.2) is 57.8 Å². The average molecular weight is 203 g/mol. The molecule has 4 heteroatoms. The van der Waals surface area contributed by atoms with Crippen LogP contribution in [0.4, 0.5) is 0 Å². The van der Waals surface area contributed by atoms with Crippen molar-refractivity contribution in [3.05, 3.63) is 0 Å². The summed E-state index contributed by atoms with van der Waals surface area (Å²) < 4.78 is 9.95. The van der Waals surface area contributed by atoms with Gasteiger partial charge in [-0.25, -0.2) is 0 Å². The molecule has 0 bridgehead atoms. The Labute approximate surface area is 86.2 Å². The maximum absolute atomic E-state index is 11.2. The first kappa shape index (κ1) is 13.5. The number of carbonyl (C=O) groups is 1. The normalized spacial score (nSPS) is 10.9. The standard InChI is InChI=1S/C10H21NO3/c1-4-10(12)9-11(5-7-13-2)6-8-14-3/h4-9H2,1-3H3. The van der Waals surface area contributed by atoms with Crippen molar-refractivity contribution in [2.24, 2.45) is 0 Å². The molecule has 14 heavy (non-hydrogen) atoms. The van der Waals surface area contributed by atoms with E-state index >= 15 is 0 Å². The quantitative estimate of drug-likeness (QED) is 0.549. The molecule has 0 saturated carbocycles. The smallest absolute Gasteiger partial charge is 0.146 e. The van der Waals surface area contributed by atoms with Crippen molar-refractivity contribution in [1.29, 1.82) is 0 Å². The molecule has 0 aliphatic carbocycles. The predicted octanol–water partition coefficient (Wildman–Crippen LogP) is 0.560. The van der Waals surface area contributed by atoms with Crippen molar-refractivity contribution < 1.29 is 14.3 Å². The van der Waals surface area contributed by atoms with E-state index in [1.54, 1.807) is 14.2 Å². The van der Waals surface area contributed by atoms with E-state index in [-0.39, 0.29) is 5.78 Å². The average Bonchev–Trinajstić information content (AvgIpc) is 2.21. The number of ether oxygens (including phenoxy) is 2. The van der Waals surface area contributed by atoms with Crippen molar-refractivity contribution in [2.45, 2.75) is 13.3 Å². The number of ketones is 1. The van der Waals surface area contributed by atoms with Gasteiger partial charge in [0.15, 0.2) is 0 Å². The Hall–Kier alpha value is -0.450. The Kier molecular flexibility index (Phi) is 8.83. The fourth-order valence-electron chi connectivity index (χ4n) is 1.07. The zero-order valence-electron chi connectivity index (χ0n) is 9.41. The van der Waals surface area contributed by atoms with Crippen LogP contribution in [0.5, 0.6) is 0 Å². The van der Waals surface area contributed by atoms with Crippen LogP contribution >= 0.6 is 0 Å². The first-order chi connectivity index (χ1) is 6.74. The summed E-state index contributed by atoms with van der Waals surface area (Å²) >= 11 is 0. The molecule has 0 aromatic carbocycles. The molecule has 0 heterocycles. The first-order valence-electron chi connectivity index (χ1n) is 4.96. The highest BCUT2D eigenvalue weighted by atomic mass is 16.5. The number of hydrogen-bond donors (Lipinski definition) is 0. The van der Waals surface area contributed by atoms with Gasteiger partial charge in [-0.2, -0.15) is 0 Å². The summed E-state index contributed by atoms with van der Waals surface area (Å²) in [4.78, 5) is 13.3. The largest absolute Gasteiger partial charge is 0.383 e. The van der Waals surface area contributed by atoms with Gasteiger partial charge in [0.2, 0.25) is 0 Å². The lowest BCUT2D eigenvalue weighted by Crippen LogP contribution is -2.35. The fourth-order valence-corrected chi connectivity index (χ4v) is 1.07. The Bertz CT molecular complexity index is 142. The van der Waals surface area contributed by atoms with E-state index in [0.29, 0.717) is 26.2 Å². The SMILES string of the molecule is CCC(=O)CN(CCOC)CCOC. The van der Waals surface area contributed by atoms with Crippen LogP contribution in [0.2, 0.25) is 0 Å². The molecule has 0 atom stereocenters. The molecule has 0 amide bonds. The molecule has 0 aromatic rings. The highest BCUT2D eigenvalue weighted by Gasteiger charge is 2.08. The number of nitrogens with zero attached hydrogens (tertiary/aromatic N) is 1. The molecule has 0 aliphatic heterocycles. The lowest BCUT2D eigenvalue weighted by molar-refractivity contribution is -0.120.